The summed E-state index contributed by atoms with van der Waals surface area (Å²) in [5.74, 6) is 1.73. The van der Waals surface area contributed by atoms with E-state index in [0.717, 1.165) is 82.0 Å². The molecule has 1 aliphatic rings. The second-order valence-electron chi connectivity index (χ2n) is 12.5. The molecule has 4 heterocycles. The lowest BCUT2D eigenvalue weighted by molar-refractivity contribution is -0.219. The van der Waals surface area contributed by atoms with E-state index in [-0.39, 0.29) is 5.88 Å². The first kappa shape index (κ1) is 33.6. The zero-order valence-electron chi connectivity index (χ0n) is 26.8. The van der Waals surface area contributed by atoms with Gasteiger partial charge < -0.3 is 19.3 Å². The highest BCUT2D eigenvalue weighted by Gasteiger charge is 2.48. The molecule has 46 heavy (non-hydrogen) atoms. The molecule has 4 bridgehead atoms. The van der Waals surface area contributed by atoms with Crippen LogP contribution in [0.1, 0.15) is 45.1 Å². The topological polar surface area (TPSA) is 71.3 Å². The number of fused-ring (bicyclic) bond motifs is 6. The SMILES string of the molecule is CN(C)CCN1CCCCCCc2ccccc2-c2nc(ccc2-n2ccc(OCC(C)(C)C(F)(F)F)n2)NSc2cccc1n2. The zero-order valence-corrected chi connectivity index (χ0v) is 27.7. The molecule has 0 amide bonds. The zero-order chi connectivity index (χ0) is 32.7. The van der Waals surface area contributed by atoms with Gasteiger partial charge in [0.15, 0.2) is 0 Å². The van der Waals surface area contributed by atoms with E-state index in [1.54, 1.807) is 16.9 Å². The first-order valence-corrected chi connectivity index (χ1v) is 16.5. The van der Waals surface area contributed by atoms with Crippen LogP contribution in [0.5, 0.6) is 5.88 Å². The summed E-state index contributed by atoms with van der Waals surface area (Å²) in [5.41, 5.74) is 1.57. The summed E-state index contributed by atoms with van der Waals surface area (Å²) in [4.78, 5) is 14.6. The first-order valence-electron chi connectivity index (χ1n) is 15.6. The van der Waals surface area contributed by atoms with Crippen LogP contribution in [-0.4, -0.2) is 71.2 Å². The molecule has 0 spiro atoms. The maximum atomic E-state index is 13.4. The maximum Gasteiger partial charge on any atom is 0.397 e. The lowest BCUT2D eigenvalue weighted by Crippen LogP contribution is -2.37. The number of aromatic nitrogens is 4. The van der Waals surface area contributed by atoms with Crippen molar-refractivity contribution in [1.82, 2.24) is 24.6 Å². The summed E-state index contributed by atoms with van der Waals surface area (Å²) in [6.07, 6.45) is 2.55. The van der Waals surface area contributed by atoms with Crippen molar-refractivity contribution in [3.8, 4) is 22.8 Å². The van der Waals surface area contributed by atoms with Crippen molar-refractivity contribution >= 4 is 23.6 Å². The fraction of sp³-hybridized carbons (Fsp3) is 0.441. The van der Waals surface area contributed by atoms with Gasteiger partial charge in [-0.15, -0.1) is 5.10 Å². The number of pyridine rings is 2. The molecule has 0 atom stereocenters. The molecule has 1 aromatic carbocycles. The number of nitrogens with one attached hydrogen (secondary N) is 1. The van der Waals surface area contributed by atoms with E-state index >= 15 is 0 Å². The number of benzene rings is 1. The Morgan fingerprint density at radius 1 is 0.935 bits per heavy atom. The van der Waals surface area contributed by atoms with Crippen molar-refractivity contribution in [1.29, 1.82) is 0 Å². The van der Waals surface area contributed by atoms with Gasteiger partial charge in [0, 0.05) is 49.4 Å². The molecule has 12 heteroatoms. The Labute approximate surface area is 273 Å². The normalized spacial score (nSPS) is 14.8. The Morgan fingerprint density at radius 2 is 1.74 bits per heavy atom. The van der Waals surface area contributed by atoms with Crippen LogP contribution in [0.15, 0.2) is 71.9 Å². The van der Waals surface area contributed by atoms with Gasteiger partial charge in [0.1, 0.15) is 23.3 Å². The van der Waals surface area contributed by atoms with Crippen LogP contribution in [-0.2, 0) is 6.42 Å². The van der Waals surface area contributed by atoms with Crippen LogP contribution in [0, 0.1) is 5.41 Å². The molecule has 1 N–H and O–H groups in total. The molecule has 0 saturated carbocycles. The predicted octanol–water partition coefficient (Wildman–Crippen LogP) is 7.90. The number of hydrogen-bond donors (Lipinski definition) is 1. The Balaban J connectivity index is 1.46. The number of anilines is 2. The van der Waals surface area contributed by atoms with Crippen LogP contribution in [0.3, 0.4) is 0 Å². The van der Waals surface area contributed by atoms with Crippen molar-refractivity contribution in [2.75, 3.05) is 50.0 Å². The minimum absolute atomic E-state index is 0.116. The summed E-state index contributed by atoms with van der Waals surface area (Å²) in [6, 6.07) is 19.7. The van der Waals surface area contributed by atoms with Gasteiger partial charge in [-0.2, -0.15) is 13.2 Å². The summed E-state index contributed by atoms with van der Waals surface area (Å²) in [7, 11) is 4.18. The monoisotopic (exact) mass is 653 g/mol. The van der Waals surface area contributed by atoms with E-state index in [4.69, 9.17) is 14.7 Å². The molecule has 5 rings (SSSR count). The Kier molecular flexibility index (Phi) is 10.8. The van der Waals surface area contributed by atoms with Gasteiger partial charge in [-0.3, -0.25) is 0 Å². The van der Waals surface area contributed by atoms with Crippen molar-refractivity contribution in [3.05, 3.63) is 72.4 Å². The van der Waals surface area contributed by atoms with Crippen LogP contribution < -0.4 is 14.4 Å². The second-order valence-corrected chi connectivity index (χ2v) is 13.3. The molecule has 0 radical (unpaired) electrons. The smallest absolute Gasteiger partial charge is 0.397 e. The van der Waals surface area contributed by atoms with Crippen LogP contribution in [0.2, 0.25) is 0 Å². The van der Waals surface area contributed by atoms with E-state index in [1.165, 1.54) is 17.5 Å². The molecule has 0 unspecified atom stereocenters. The molecule has 1 aliphatic heterocycles. The molecular formula is C34H42F3N7OS. The lowest BCUT2D eigenvalue weighted by atomic mass is 9.94. The molecule has 0 saturated heterocycles. The second kappa shape index (κ2) is 14.8. The molecule has 8 nitrogen and oxygen atoms in total. The molecule has 4 aromatic rings. The van der Waals surface area contributed by atoms with Gasteiger partial charge in [-0.1, -0.05) is 43.2 Å². The molecule has 0 aliphatic carbocycles. The molecular weight excluding hydrogens is 611 g/mol. The Bertz CT molecular complexity index is 1590. The standard InChI is InChI=1S/C34H42F3N7OS/c1-33(2,34(35,36)37)24-45-30-19-21-44(40-30)27-17-18-28-38-32(27)26-14-9-8-13-25(26)12-7-5-6-10-20-43(23-22-42(3)4)29-15-11-16-31(39-29)46-41-28/h8-9,11,13-19,21H,5-7,10,12,20,22-24H2,1-4H3,(H,38,41). The highest BCUT2D eigenvalue weighted by molar-refractivity contribution is 8.00. The van der Waals surface area contributed by atoms with Crippen LogP contribution in [0.25, 0.3) is 16.9 Å². The van der Waals surface area contributed by atoms with E-state index < -0.39 is 18.2 Å². The average Bonchev–Trinajstić information content (AvgIpc) is 3.50. The number of likely N-dealkylation sites (N-methyl/N-ethyl adjacent to an activating group) is 1. The van der Waals surface area contributed by atoms with E-state index in [2.05, 4.69) is 51.9 Å². The number of nitrogens with zero attached hydrogens (tertiary/aromatic N) is 6. The number of aryl methyl sites for hydroxylation is 1. The summed E-state index contributed by atoms with van der Waals surface area (Å²) < 4.78 is 50.7. The number of hydrogen-bond acceptors (Lipinski definition) is 8. The summed E-state index contributed by atoms with van der Waals surface area (Å²) >= 11 is 1.40. The third-order valence-electron chi connectivity index (χ3n) is 8.04. The minimum atomic E-state index is -4.39. The lowest BCUT2D eigenvalue weighted by Gasteiger charge is -2.26. The highest BCUT2D eigenvalue weighted by Crippen LogP contribution is 2.38. The van der Waals surface area contributed by atoms with Gasteiger partial charge in [-0.25, -0.2) is 14.6 Å². The third-order valence-corrected chi connectivity index (χ3v) is 8.79. The highest BCUT2D eigenvalue weighted by atomic mass is 32.2. The summed E-state index contributed by atoms with van der Waals surface area (Å²) in [6.45, 7) is 4.50. The fourth-order valence-corrected chi connectivity index (χ4v) is 5.70. The van der Waals surface area contributed by atoms with Gasteiger partial charge in [0.25, 0.3) is 0 Å². The third kappa shape index (κ3) is 8.52. The largest absolute Gasteiger partial charge is 0.476 e. The molecule has 3 aromatic heterocycles. The van der Waals surface area contributed by atoms with Crippen LogP contribution in [0.4, 0.5) is 24.8 Å². The Morgan fingerprint density at radius 3 is 2.54 bits per heavy atom. The van der Waals surface area contributed by atoms with Gasteiger partial charge in [0.05, 0.1) is 16.8 Å². The number of halogens is 3. The first-order chi connectivity index (χ1) is 22.0. The number of rotatable bonds is 7. The van der Waals surface area contributed by atoms with Gasteiger partial charge in [-0.05, 0) is 77.0 Å². The van der Waals surface area contributed by atoms with Crippen molar-refractivity contribution < 1.29 is 17.9 Å². The quantitative estimate of drug-likeness (QED) is 0.202. The minimum Gasteiger partial charge on any atom is -0.476 e. The van der Waals surface area contributed by atoms with Crippen molar-refractivity contribution in [3.63, 3.8) is 0 Å². The predicted molar refractivity (Wildman–Crippen MR) is 179 cm³/mol. The average molecular weight is 654 g/mol. The van der Waals surface area contributed by atoms with Crippen molar-refractivity contribution in [2.45, 2.75) is 57.2 Å². The van der Waals surface area contributed by atoms with Crippen LogP contribution >= 0.6 is 11.9 Å². The van der Waals surface area contributed by atoms with Crippen molar-refractivity contribution in [2.24, 2.45) is 5.41 Å². The maximum absolute atomic E-state index is 13.4. The summed E-state index contributed by atoms with van der Waals surface area (Å²) in [5, 5.41) is 5.32. The Hall–Kier alpha value is -3.77. The van der Waals surface area contributed by atoms with E-state index in [1.807, 2.05) is 36.4 Å². The molecule has 246 valence electrons. The number of ether oxygens (including phenoxy) is 1. The fourth-order valence-electron chi connectivity index (χ4n) is 5.09. The molecule has 0 fully saturated rings. The van der Waals surface area contributed by atoms with Gasteiger partial charge >= 0.3 is 6.18 Å². The van der Waals surface area contributed by atoms with E-state index in [9.17, 15) is 13.2 Å². The van der Waals surface area contributed by atoms with Gasteiger partial charge in [0.2, 0.25) is 5.88 Å². The van der Waals surface area contributed by atoms with E-state index in [0.29, 0.717) is 17.2 Å². The number of alkyl halides is 3.